The molecule has 1 unspecified atom stereocenters. The van der Waals surface area contributed by atoms with E-state index in [1.165, 1.54) is 16.3 Å². The second kappa shape index (κ2) is 8.20. The number of fused-ring (bicyclic) bond motifs is 1. The van der Waals surface area contributed by atoms with Gasteiger partial charge in [-0.25, -0.2) is 0 Å². The average molecular weight is 366 g/mol. The molecule has 0 aliphatic rings. The van der Waals surface area contributed by atoms with Crippen molar-refractivity contribution in [2.45, 2.75) is 57.7 Å². The molecule has 3 heteroatoms. The first-order valence-corrected chi connectivity index (χ1v) is 12.3. The molecule has 1 atom stereocenters. The molecule has 0 aliphatic carbocycles. The number of benzene rings is 2. The maximum atomic E-state index is 9.53. The molecule has 0 saturated heterocycles. The number of rotatable bonds is 7. The van der Waals surface area contributed by atoms with Gasteiger partial charge in [0.25, 0.3) is 0 Å². The standard InChI is InChI=1S/C23H31NOSi/c1-7-10-19(17-24)21-14-13-18(20-11-8-9-12-22(20)21)15-16-25-26(5,6)23(2,3)4/h7-9,11-14,19H,1,10,15-16H2,2-6H3. The molecule has 2 rings (SSSR count). The van der Waals surface area contributed by atoms with Gasteiger partial charge in [0.05, 0.1) is 12.0 Å². The molecule has 0 heterocycles. The van der Waals surface area contributed by atoms with Gasteiger partial charge < -0.3 is 4.43 Å². The van der Waals surface area contributed by atoms with E-state index < -0.39 is 8.32 Å². The Morgan fingerprint density at radius 1 is 1.15 bits per heavy atom. The molecule has 0 bridgehead atoms. The Hall–Kier alpha value is -1.89. The maximum absolute atomic E-state index is 9.53. The Kier molecular flexibility index (Phi) is 6.44. The highest BCUT2D eigenvalue weighted by Gasteiger charge is 2.36. The molecular weight excluding hydrogens is 334 g/mol. The van der Waals surface area contributed by atoms with Crippen molar-refractivity contribution < 1.29 is 4.43 Å². The van der Waals surface area contributed by atoms with Gasteiger partial charge in [-0.1, -0.05) is 63.2 Å². The number of hydrogen-bond acceptors (Lipinski definition) is 2. The molecule has 0 spiro atoms. The highest BCUT2D eigenvalue weighted by atomic mass is 28.4. The first-order valence-electron chi connectivity index (χ1n) is 9.36. The molecule has 138 valence electrons. The van der Waals surface area contributed by atoms with Crippen LogP contribution in [-0.4, -0.2) is 14.9 Å². The Morgan fingerprint density at radius 2 is 1.81 bits per heavy atom. The third kappa shape index (κ3) is 4.44. The summed E-state index contributed by atoms with van der Waals surface area (Å²) >= 11 is 0. The van der Waals surface area contributed by atoms with E-state index in [-0.39, 0.29) is 11.0 Å². The van der Waals surface area contributed by atoms with Crippen LogP contribution in [0, 0.1) is 11.3 Å². The third-order valence-corrected chi connectivity index (χ3v) is 10.2. The van der Waals surface area contributed by atoms with Crippen LogP contribution in [0.15, 0.2) is 49.1 Å². The zero-order chi connectivity index (χ0) is 19.4. The van der Waals surface area contributed by atoms with E-state index in [1.54, 1.807) is 0 Å². The fourth-order valence-electron chi connectivity index (χ4n) is 2.96. The van der Waals surface area contributed by atoms with Gasteiger partial charge in [-0.2, -0.15) is 5.26 Å². The van der Waals surface area contributed by atoms with Crippen molar-refractivity contribution in [1.29, 1.82) is 5.26 Å². The number of nitriles is 1. The van der Waals surface area contributed by atoms with Crippen LogP contribution < -0.4 is 0 Å². The molecule has 2 aromatic rings. The lowest BCUT2D eigenvalue weighted by molar-refractivity contribution is 0.292. The van der Waals surface area contributed by atoms with Crippen molar-refractivity contribution in [2.24, 2.45) is 0 Å². The van der Waals surface area contributed by atoms with Crippen LogP contribution in [0.25, 0.3) is 10.8 Å². The Labute approximate surface area is 159 Å². The summed E-state index contributed by atoms with van der Waals surface area (Å²) in [5, 5.41) is 12.2. The van der Waals surface area contributed by atoms with Gasteiger partial charge >= 0.3 is 0 Å². The van der Waals surface area contributed by atoms with Crippen molar-refractivity contribution in [3.63, 3.8) is 0 Å². The normalized spacial score (nSPS) is 13.4. The lowest BCUT2D eigenvalue weighted by atomic mass is 9.89. The van der Waals surface area contributed by atoms with E-state index in [1.807, 2.05) is 12.1 Å². The summed E-state index contributed by atoms with van der Waals surface area (Å²) in [6.07, 6.45) is 3.39. The lowest BCUT2D eigenvalue weighted by Gasteiger charge is -2.36. The Balaban J connectivity index is 2.28. The van der Waals surface area contributed by atoms with Gasteiger partial charge in [-0.15, -0.1) is 6.58 Å². The summed E-state index contributed by atoms with van der Waals surface area (Å²) in [7, 11) is -1.73. The molecule has 0 saturated carbocycles. The average Bonchev–Trinajstić information content (AvgIpc) is 2.59. The highest BCUT2D eigenvalue weighted by Crippen LogP contribution is 2.37. The molecule has 0 fully saturated rings. The zero-order valence-corrected chi connectivity index (χ0v) is 17.8. The molecular formula is C23H31NOSi. The summed E-state index contributed by atoms with van der Waals surface area (Å²) in [5.74, 6) is -0.144. The minimum absolute atomic E-state index is 0.144. The van der Waals surface area contributed by atoms with Crippen molar-refractivity contribution >= 4 is 19.1 Å². The first-order chi connectivity index (χ1) is 12.2. The topological polar surface area (TPSA) is 33.0 Å². The Bertz CT molecular complexity index is 811. The molecule has 2 nitrogen and oxygen atoms in total. The van der Waals surface area contributed by atoms with Crippen molar-refractivity contribution in [1.82, 2.24) is 0 Å². The monoisotopic (exact) mass is 365 g/mol. The van der Waals surface area contributed by atoms with Crippen molar-refractivity contribution in [2.75, 3.05) is 6.61 Å². The summed E-state index contributed by atoms with van der Waals surface area (Å²) < 4.78 is 6.36. The van der Waals surface area contributed by atoms with Crippen LogP contribution in [-0.2, 0) is 10.8 Å². The quantitative estimate of drug-likeness (QED) is 0.410. The molecule has 0 aromatic heterocycles. The van der Waals surface area contributed by atoms with Gasteiger partial charge in [-0.3, -0.25) is 0 Å². The summed E-state index contributed by atoms with van der Waals surface area (Å²) in [5.41, 5.74) is 2.38. The lowest BCUT2D eigenvalue weighted by Crippen LogP contribution is -2.41. The van der Waals surface area contributed by atoms with Crippen LogP contribution in [0.1, 0.15) is 44.2 Å². The van der Waals surface area contributed by atoms with Gasteiger partial charge in [-0.05, 0) is 52.9 Å². The van der Waals surface area contributed by atoms with Gasteiger partial charge in [0, 0.05) is 6.61 Å². The maximum Gasteiger partial charge on any atom is 0.191 e. The predicted octanol–water partition coefficient (Wildman–Crippen LogP) is 6.59. The second-order valence-corrected chi connectivity index (χ2v) is 13.2. The van der Waals surface area contributed by atoms with E-state index in [9.17, 15) is 5.26 Å². The second-order valence-electron chi connectivity index (χ2n) is 8.42. The number of nitrogens with zero attached hydrogens (tertiary/aromatic N) is 1. The molecule has 26 heavy (non-hydrogen) atoms. The van der Waals surface area contributed by atoms with Gasteiger partial charge in [0.1, 0.15) is 0 Å². The van der Waals surface area contributed by atoms with E-state index in [0.29, 0.717) is 6.42 Å². The van der Waals surface area contributed by atoms with Crippen LogP contribution >= 0.6 is 0 Å². The van der Waals surface area contributed by atoms with Crippen LogP contribution in [0.5, 0.6) is 0 Å². The summed E-state index contributed by atoms with van der Waals surface area (Å²) in [6.45, 7) is 15.9. The molecule has 0 N–H and O–H groups in total. The van der Waals surface area contributed by atoms with E-state index in [4.69, 9.17) is 4.43 Å². The van der Waals surface area contributed by atoms with Gasteiger partial charge in [0.2, 0.25) is 0 Å². The number of hydrogen-bond donors (Lipinski definition) is 0. The predicted molar refractivity (Wildman–Crippen MR) is 114 cm³/mol. The van der Waals surface area contributed by atoms with Crippen LogP contribution in [0.4, 0.5) is 0 Å². The molecule has 0 amide bonds. The Morgan fingerprint density at radius 3 is 2.38 bits per heavy atom. The van der Waals surface area contributed by atoms with Crippen LogP contribution in [0.3, 0.4) is 0 Å². The molecule has 2 aromatic carbocycles. The fourth-order valence-corrected chi connectivity index (χ4v) is 4.00. The van der Waals surface area contributed by atoms with E-state index in [2.05, 4.69) is 76.8 Å². The van der Waals surface area contributed by atoms with Crippen molar-refractivity contribution in [3.8, 4) is 6.07 Å². The molecule has 0 radical (unpaired) electrons. The zero-order valence-electron chi connectivity index (χ0n) is 16.8. The van der Waals surface area contributed by atoms with E-state index >= 15 is 0 Å². The largest absolute Gasteiger partial charge is 0.416 e. The molecule has 0 aliphatic heterocycles. The minimum atomic E-state index is -1.73. The van der Waals surface area contributed by atoms with E-state index in [0.717, 1.165) is 18.6 Å². The SMILES string of the molecule is C=CCC(C#N)c1ccc(CCO[Si](C)(C)C(C)(C)C)c2ccccc12. The smallest absolute Gasteiger partial charge is 0.191 e. The first kappa shape index (κ1) is 20.4. The third-order valence-electron chi connectivity index (χ3n) is 5.62. The summed E-state index contributed by atoms with van der Waals surface area (Å²) in [4.78, 5) is 0. The van der Waals surface area contributed by atoms with Gasteiger partial charge in [0.15, 0.2) is 8.32 Å². The van der Waals surface area contributed by atoms with Crippen LogP contribution in [0.2, 0.25) is 18.1 Å². The highest BCUT2D eigenvalue weighted by molar-refractivity contribution is 6.74. The summed E-state index contributed by atoms with van der Waals surface area (Å²) in [6, 6.07) is 15.1. The van der Waals surface area contributed by atoms with Crippen molar-refractivity contribution in [3.05, 3.63) is 60.2 Å². The fraction of sp³-hybridized carbons (Fsp3) is 0.435. The number of allylic oxidation sites excluding steroid dienone is 1. The minimum Gasteiger partial charge on any atom is -0.416 e.